The third kappa shape index (κ3) is 2.87. The van der Waals surface area contributed by atoms with Crippen molar-refractivity contribution in [3.8, 4) is 0 Å². The van der Waals surface area contributed by atoms with Gasteiger partial charge in [0, 0.05) is 6.42 Å². The lowest BCUT2D eigenvalue weighted by atomic mass is 10.4. The van der Waals surface area contributed by atoms with Gasteiger partial charge in [0.05, 0.1) is 26.4 Å². The molecule has 0 amide bonds. The van der Waals surface area contributed by atoms with Crippen molar-refractivity contribution in [3.05, 3.63) is 0 Å². The van der Waals surface area contributed by atoms with Crippen LogP contribution in [-0.4, -0.2) is 61.4 Å². The lowest BCUT2D eigenvalue weighted by molar-refractivity contribution is -0.142. The molecule has 2 saturated heterocycles. The standard InChI is InChI=1S/C9H16O6/c10-2-6-4-12-8(14-6)1-9-13-5-7(3-11)15-9/h6-11H,1-5H2. The van der Waals surface area contributed by atoms with Crippen LogP contribution in [0, 0.1) is 0 Å². The summed E-state index contributed by atoms with van der Waals surface area (Å²) in [7, 11) is 0. The van der Waals surface area contributed by atoms with Crippen LogP contribution in [0.3, 0.4) is 0 Å². The van der Waals surface area contributed by atoms with E-state index in [2.05, 4.69) is 0 Å². The minimum absolute atomic E-state index is 0.0395. The summed E-state index contributed by atoms with van der Waals surface area (Å²) in [6.45, 7) is 0.721. The second-order valence-electron chi connectivity index (χ2n) is 3.64. The number of aliphatic hydroxyl groups is 2. The molecule has 0 saturated carbocycles. The Bertz CT molecular complexity index is 179. The molecule has 2 heterocycles. The summed E-state index contributed by atoms with van der Waals surface area (Å²) in [5.41, 5.74) is 0. The minimum Gasteiger partial charge on any atom is -0.394 e. The zero-order chi connectivity index (χ0) is 10.7. The molecule has 0 aromatic carbocycles. The highest BCUT2D eigenvalue weighted by Gasteiger charge is 2.32. The topological polar surface area (TPSA) is 77.4 Å². The third-order valence-electron chi connectivity index (χ3n) is 2.42. The first-order valence-corrected chi connectivity index (χ1v) is 5.07. The zero-order valence-electron chi connectivity index (χ0n) is 8.37. The fraction of sp³-hybridized carbons (Fsp3) is 1.00. The van der Waals surface area contributed by atoms with Crippen LogP contribution in [0.15, 0.2) is 0 Å². The molecule has 2 fully saturated rings. The summed E-state index contributed by atoms with van der Waals surface area (Å²) >= 11 is 0. The summed E-state index contributed by atoms with van der Waals surface area (Å²) < 4.78 is 21.3. The molecule has 0 aromatic heterocycles. The van der Waals surface area contributed by atoms with Crippen molar-refractivity contribution in [2.75, 3.05) is 26.4 Å². The highest BCUT2D eigenvalue weighted by atomic mass is 16.7. The number of rotatable bonds is 4. The van der Waals surface area contributed by atoms with E-state index in [0.29, 0.717) is 19.6 Å². The third-order valence-corrected chi connectivity index (χ3v) is 2.42. The molecule has 6 heteroatoms. The van der Waals surface area contributed by atoms with E-state index in [1.54, 1.807) is 0 Å². The highest BCUT2D eigenvalue weighted by molar-refractivity contribution is 4.69. The van der Waals surface area contributed by atoms with Gasteiger partial charge in [-0.2, -0.15) is 0 Å². The van der Waals surface area contributed by atoms with Crippen LogP contribution >= 0.6 is 0 Å². The van der Waals surface area contributed by atoms with Crippen LogP contribution in [0.1, 0.15) is 6.42 Å². The molecule has 88 valence electrons. The van der Waals surface area contributed by atoms with Crippen molar-refractivity contribution < 1.29 is 29.2 Å². The summed E-state index contributed by atoms with van der Waals surface area (Å²) in [5, 5.41) is 17.6. The van der Waals surface area contributed by atoms with Gasteiger partial charge in [-0.3, -0.25) is 0 Å². The van der Waals surface area contributed by atoms with Crippen molar-refractivity contribution in [1.29, 1.82) is 0 Å². The number of hydrogen-bond donors (Lipinski definition) is 2. The Morgan fingerprint density at radius 1 is 0.867 bits per heavy atom. The smallest absolute Gasteiger partial charge is 0.163 e. The van der Waals surface area contributed by atoms with Crippen molar-refractivity contribution in [3.63, 3.8) is 0 Å². The lowest BCUT2D eigenvalue weighted by Gasteiger charge is -2.14. The predicted molar refractivity (Wildman–Crippen MR) is 48.0 cm³/mol. The first-order valence-electron chi connectivity index (χ1n) is 5.07. The van der Waals surface area contributed by atoms with Crippen molar-refractivity contribution in [2.24, 2.45) is 0 Å². The predicted octanol–water partition coefficient (Wildman–Crippen LogP) is -1.16. The second-order valence-corrected chi connectivity index (χ2v) is 3.64. The normalized spacial score (nSPS) is 41.2. The monoisotopic (exact) mass is 220 g/mol. The quantitative estimate of drug-likeness (QED) is 0.622. The molecular formula is C9H16O6. The molecule has 6 nitrogen and oxygen atoms in total. The van der Waals surface area contributed by atoms with E-state index in [9.17, 15) is 0 Å². The Labute approximate surface area is 87.7 Å². The van der Waals surface area contributed by atoms with Gasteiger partial charge in [-0.05, 0) is 0 Å². The maximum absolute atomic E-state index is 8.82. The molecule has 0 bridgehead atoms. The van der Waals surface area contributed by atoms with Gasteiger partial charge in [-0.25, -0.2) is 0 Å². The number of hydrogen-bond acceptors (Lipinski definition) is 6. The second kappa shape index (κ2) is 5.20. The van der Waals surface area contributed by atoms with Crippen molar-refractivity contribution in [1.82, 2.24) is 0 Å². The molecule has 15 heavy (non-hydrogen) atoms. The van der Waals surface area contributed by atoms with E-state index >= 15 is 0 Å². The van der Waals surface area contributed by atoms with Crippen LogP contribution in [0.4, 0.5) is 0 Å². The van der Waals surface area contributed by atoms with E-state index in [0.717, 1.165) is 0 Å². The molecule has 4 atom stereocenters. The number of ether oxygens (including phenoxy) is 4. The van der Waals surface area contributed by atoms with Crippen LogP contribution < -0.4 is 0 Å². The molecule has 0 spiro atoms. The SMILES string of the molecule is OCC1COC(CC2OCC(CO)O2)O1. The molecule has 0 aromatic rings. The summed E-state index contributed by atoms with van der Waals surface area (Å²) in [5.74, 6) is 0. The maximum Gasteiger partial charge on any atom is 0.163 e. The summed E-state index contributed by atoms with van der Waals surface area (Å²) in [6, 6.07) is 0. The van der Waals surface area contributed by atoms with Crippen LogP contribution in [0.2, 0.25) is 0 Å². The Kier molecular flexibility index (Phi) is 3.90. The van der Waals surface area contributed by atoms with Crippen molar-refractivity contribution in [2.45, 2.75) is 31.2 Å². The van der Waals surface area contributed by atoms with E-state index in [-0.39, 0.29) is 38.0 Å². The van der Waals surface area contributed by atoms with Crippen LogP contribution in [0.25, 0.3) is 0 Å². The molecular weight excluding hydrogens is 204 g/mol. The van der Waals surface area contributed by atoms with Gasteiger partial charge >= 0.3 is 0 Å². The molecule has 2 aliphatic heterocycles. The molecule has 0 aliphatic carbocycles. The van der Waals surface area contributed by atoms with Gasteiger partial charge in [-0.15, -0.1) is 0 Å². The molecule has 0 radical (unpaired) electrons. The first kappa shape index (κ1) is 11.3. The van der Waals surface area contributed by atoms with E-state index in [1.807, 2.05) is 0 Å². The van der Waals surface area contributed by atoms with Gasteiger partial charge in [0.25, 0.3) is 0 Å². The molecule has 2 aliphatic rings. The van der Waals surface area contributed by atoms with Gasteiger partial charge in [-0.1, -0.05) is 0 Å². The summed E-state index contributed by atoms with van der Waals surface area (Å²) in [4.78, 5) is 0. The average molecular weight is 220 g/mol. The molecule has 2 N–H and O–H groups in total. The lowest BCUT2D eigenvalue weighted by Crippen LogP contribution is -2.22. The largest absolute Gasteiger partial charge is 0.394 e. The average Bonchev–Trinajstić information content (AvgIpc) is 2.87. The fourth-order valence-electron chi connectivity index (χ4n) is 1.61. The van der Waals surface area contributed by atoms with Gasteiger partial charge in [0.1, 0.15) is 12.2 Å². The highest BCUT2D eigenvalue weighted by Crippen LogP contribution is 2.21. The van der Waals surface area contributed by atoms with Crippen molar-refractivity contribution >= 4 is 0 Å². The Morgan fingerprint density at radius 2 is 1.33 bits per heavy atom. The van der Waals surface area contributed by atoms with Gasteiger partial charge in [0.15, 0.2) is 12.6 Å². The van der Waals surface area contributed by atoms with E-state index < -0.39 is 0 Å². The van der Waals surface area contributed by atoms with Crippen LogP contribution in [-0.2, 0) is 18.9 Å². The number of aliphatic hydroxyl groups excluding tert-OH is 2. The molecule has 4 unspecified atom stereocenters. The fourth-order valence-corrected chi connectivity index (χ4v) is 1.61. The first-order chi connectivity index (χ1) is 7.31. The Morgan fingerprint density at radius 3 is 1.67 bits per heavy atom. The summed E-state index contributed by atoms with van der Waals surface area (Å²) in [6.07, 6.45) is -0.795. The van der Waals surface area contributed by atoms with Gasteiger partial charge < -0.3 is 29.2 Å². The minimum atomic E-state index is -0.385. The zero-order valence-corrected chi connectivity index (χ0v) is 8.37. The van der Waals surface area contributed by atoms with Gasteiger partial charge in [0.2, 0.25) is 0 Å². The van der Waals surface area contributed by atoms with E-state index in [4.69, 9.17) is 29.2 Å². The maximum atomic E-state index is 8.82. The van der Waals surface area contributed by atoms with Crippen LogP contribution in [0.5, 0.6) is 0 Å². The Balaban J connectivity index is 1.70. The molecule has 2 rings (SSSR count). The van der Waals surface area contributed by atoms with E-state index in [1.165, 1.54) is 0 Å². The Hall–Kier alpha value is -0.240.